The normalized spacial score (nSPS) is 10.4. The third-order valence-corrected chi connectivity index (χ3v) is 3.27. The first kappa shape index (κ1) is 11.0. The summed E-state index contributed by atoms with van der Waals surface area (Å²) in [5, 5.41) is 0. The van der Waals surface area contributed by atoms with Gasteiger partial charge in [-0.05, 0) is 42.8 Å². The Morgan fingerprint density at radius 3 is 2.62 bits per heavy atom. The van der Waals surface area contributed by atoms with Gasteiger partial charge in [0.1, 0.15) is 5.82 Å². The fraction of sp³-hybridized carbons (Fsp3) is 0.0769. The lowest BCUT2D eigenvalue weighted by molar-refractivity contribution is 0.624. The largest absolute Gasteiger partial charge is 0.398 e. The molecule has 2 N–H and O–H groups in total. The van der Waals surface area contributed by atoms with E-state index in [1.807, 2.05) is 31.2 Å². The fourth-order valence-electron chi connectivity index (χ4n) is 1.42. The summed E-state index contributed by atoms with van der Waals surface area (Å²) in [5.74, 6) is -0.226. The second kappa shape index (κ2) is 4.58. The van der Waals surface area contributed by atoms with E-state index in [1.165, 1.54) is 23.9 Å². The quantitative estimate of drug-likeness (QED) is 0.797. The minimum atomic E-state index is -0.226. The number of halogens is 1. The average molecular weight is 233 g/mol. The topological polar surface area (TPSA) is 26.0 Å². The molecule has 0 atom stereocenters. The molecule has 1 nitrogen and oxygen atoms in total. The van der Waals surface area contributed by atoms with Crippen molar-refractivity contribution in [3.8, 4) is 0 Å². The maximum Gasteiger partial charge on any atom is 0.124 e. The molecule has 2 aromatic carbocycles. The Bertz CT molecular complexity index is 511. The molecule has 2 rings (SSSR count). The van der Waals surface area contributed by atoms with Crippen LogP contribution in [0, 0.1) is 12.7 Å². The van der Waals surface area contributed by atoms with Gasteiger partial charge in [-0.25, -0.2) is 4.39 Å². The number of hydrogen-bond donors (Lipinski definition) is 1. The van der Waals surface area contributed by atoms with Gasteiger partial charge in [0.15, 0.2) is 0 Å². The van der Waals surface area contributed by atoms with Crippen molar-refractivity contribution in [3.63, 3.8) is 0 Å². The molecule has 0 saturated heterocycles. The Labute approximate surface area is 98.5 Å². The number of benzene rings is 2. The number of anilines is 1. The van der Waals surface area contributed by atoms with Crippen LogP contribution in [0.4, 0.5) is 10.1 Å². The molecule has 0 unspecified atom stereocenters. The molecule has 0 radical (unpaired) electrons. The molecule has 0 bridgehead atoms. The minimum Gasteiger partial charge on any atom is -0.398 e. The van der Waals surface area contributed by atoms with Crippen molar-refractivity contribution in [1.82, 2.24) is 0 Å². The Morgan fingerprint density at radius 2 is 1.94 bits per heavy atom. The summed E-state index contributed by atoms with van der Waals surface area (Å²) in [7, 11) is 0. The van der Waals surface area contributed by atoms with Gasteiger partial charge in [0, 0.05) is 15.5 Å². The van der Waals surface area contributed by atoms with Gasteiger partial charge in [0.05, 0.1) is 0 Å². The third kappa shape index (κ3) is 2.55. The van der Waals surface area contributed by atoms with Crippen molar-refractivity contribution in [2.75, 3.05) is 5.73 Å². The van der Waals surface area contributed by atoms with E-state index >= 15 is 0 Å². The standard InChI is InChI=1S/C13H12FNS/c1-9-5-6-13(12(15)7-9)16-11-4-2-3-10(14)8-11/h2-8H,15H2,1H3. The van der Waals surface area contributed by atoms with Gasteiger partial charge in [0.25, 0.3) is 0 Å². The van der Waals surface area contributed by atoms with Gasteiger partial charge in [-0.3, -0.25) is 0 Å². The first-order valence-electron chi connectivity index (χ1n) is 4.95. The number of nitrogen functional groups attached to an aromatic ring is 1. The van der Waals surface area contributed by atoms with Crippen LogP contribution in [0.2, 0.25) is 0 Å². The van der Waals surface area contributed by atoms with Crippen LogP contribution < -0.4 is 5.73 Å². The van der Waals surface area contributed by atoms with Gasteiger partial charge in [-0.1, -0.05) is 23.9 Å². The van der Waals surface area contributed by atoms with Crippen molar-refractivity contribution in [2.45, 2.75) is 16.7 Å². The fourth-order valence-corrected chi connectivity index (χ4v) is 2.30. The average Bonchev–Trinajstić information content (AvgIpc) is 2.22. The van der Waals surface area contributed by atoms with Crippen LogP contribution in [0.1, 0.15) is 5.56 Å². The summed E-state index contributed by atoms with van der Waals surface area (Å²) in [5.41, 5.74) is 7.75. The summed E-state index contributed by atoms with van der Waals surface area (Å²) < 4.78 is 13.0. The number of hydrogen-bond acceptors (Lipinski definition) is 2. The molecule has 0 heterocycles. The summed E-state index contributed by atoms with van der Waals surface area (Å²) in [6.45, 7) is 1.99. The molecule has 0 spiro atoms. The highest BCUT2D eigenvalue weighted by Gasteiger charge is 2.02. The molecule has 82 valence electrons. The first-order chi connectivity index (χ1) is 7.65. The van der Waals surface area contributed by atoms with Crippen molar-refractivity contribution in [3.05, 3.63) is 53.8 Å². The molecule has 0 aliphatic heterocycles. The molecule has 0 saturated carbocycles. The van der Waals surface area contributed by atoms with E-state index in [0.29, 0.717) is 0 Å². The Kier molecular flexibility index (Phi) is 3.15. The zero-order valence-corrected chi connectivity index (χ0v) is 9.72. The van der Waals surface area contributed by atoms with E-state index < -0.39 is 0 Å². The molecule has 0 fully saturated rings. The lowest BCUT2D eigenvalue weighted by Gasteiger charge is -2.06. The minimum absolute atomic E-state index is 0.226. The van der Waals surface area contributed by atoms with Crippen LogP contribution in [-0.4, -0.2) is 0 Å². The molecular weight excluding hydrogens is 221 g/mol. The maximum atomic E-state index is 13.0. The van der Waals surface area contributed by atoms with E-state index in [2.05, 4.69) is 0 Å². The van der Waals surface area contributed by atoms with Crippen LogP contribution in [0.3, 0.4) is 0 Å². The summed E-state index contributed by atoms with van der Waals surface area (Å²) in [6, 6.07) is 12.4. The van der Waals surface area contributed by atoms with Crippen molar-refractivity contribution in [2.24, 2.45) is 0 Å². The molecule has 0 amide bonds. The summed E-state index contributed by atoms with van der Waals surface area (Å²) in [6.07, 6.45) is 0. The second-order valence-electron chi connectivity index (χ2n) is 3.60. The van der Waals surface area contributed by atoms with Crippen molar-refractivity contribution < 1.29 is 4.39 Å². The predicted octanol–water partition coefficient (Wildman–Crippen LogP) is 3.87. The van der Waals surface area contributed by atoms with Gasteiger partial charge in [-0.2, -0.15) is 0 Å². The Hall–Kier alpha value is -1.48. The molecule has 3 heteroatoms. The monoisotopic (exact) mass is 233 g/mol. The van der Waals surface area contributed by atoms with E-state index in [9.17, 15) is 4.39 Å². The van der Waals surface area contributed by atoms with E-state index in [4.69, 9.17) is 5.73 Å². The SMILES string of the molecule is Cc1ccc(Sc2cccc(F)c2)c(N)c1. The second-order valence-corrected chi connectivity index (χ2v) is 4.72. The molecule has 2 aromatic rings. The summed E-state index contributed by atoms with van der Waals surface area (Å²) in [4.78, 5) is 1.81. The smallest absolute Gasteiger partial charge is 0.124 e. The third-order valence-electron chi connectivity index (χ3n) is 2.19. The number of rotatable bonds is 2. The van der Waals surface area contributed by atoms with Crippen LogP contribution in [-0.2, 0) is 0 Å². The highest BCUT2D eigenvalue weighted by atomic mass is 32.2. The van der Waals surface area contributed by atoms with E-state index in [-0.39, 0.29) is 5.82 Å². The van der Waals surface area contributed by atoms with Gasteiger partial charge >= 0.3 is 0 Å². The Balaban J connectivity index is 2.27. The van der Waals surface area contributed by atoms with E-state index in [1.54, 1.807) is 6.07 Å². The predicted molar refractivity (Wildman–Crippen MR) is 66.1 cm³/mol. The molecule has 0 aromatic heterocycles. The highest BCUT2D eigenvalue weighted by Crippen LogP contribution is 2.32. The lowest BCUT2D eigenvalue weighted by Crippen LogP contribution is -1.89. The van der Waals surface area contributed by atoms with Crippen molar-refractivity contribution in [1.29, 1.82) is 0 Å². The number of nitrogens with two attached hydrogens (primary N) is 1. The Morgan fingerprint density at radius 1 is 1.12 bits per heavy atom. The van der Waals surface area contributed by atoms with Gasteiger partial charge < -0.3 is 5.73 Å². The lowest BCUT2D eigenvalue weighted by atomic mass is 10.2. The first-order valence-corrected chi connectivity index (χ1v) is 5.76. The van der Waals surface area contributed by atoms with Crippen molar-refractivity contribution >= 4 is 17.4 Å². The number of aryl methyl sites for hydroxylation is 1. The van der Waals surface area contributed by atoms with Crippen LogP contribution in [0.5, 0.6) is 0 Å². The molecule has 0 aliphatic carbocycles. The highest BCUT2D eigenvalue weighted by molar-refractivity contribution is 7.99. The zero-order valence-electron chi connectivity index (χ0n) is 8.91. The van der Waals surface area contributed by atoms with Crippen LogP contribution in [0.25, 0.3) is 0 Å². The molecular formula is C13H12FNS. The maximum absolute atomic E-state index is 13.0. The zero-order chi connectivity index (χ0) is 11.5. The van der Waals surface area contributed by atoms with Crippen LogP contribution >= 0.6 is 11.8 Å². The van der Waals surface area contributed by atoms with Gasteiger partial charge in [-0.15, -0.1) is 0 Å². The van der Waals surface area contributed by atoms with Gasteiger partial charge in [0.2, 0.25) is 0 Å². The summed E-state index contributed by atoms with van der Waals surface area (Å²) >= 11 is 1.47. The molecule has 16 heavy (non-hydrogen) atoms. The molecule has 0 aliphatic rings. The van der Waals surface area contributed by atoms with Crippen LogP contribution in [0.15, 0.2) is 52.3 Å². The van der Waals surface area contributed by atoms with E-state index in [0.717, 1.165) is 21.0 Å².